The van der Waals surface area contributed by atoms with Crippen molar-refractivity contribution < 1.29 is 8.42 Å². The molecule has 0 aliphatic carbocycles. The number of H-pyrrole nitrogens is 1. The highest BCUT2D eigenvalue weighted by molar-refractivity contribution is 7.89. The van der Waals surface area contributed by atoms with Gasteiger partial charge in [-0.05, 0) is 19.3 Å². The van der Waals surface area contributed by atoms with Gasteiger partial charge in [-0.1, -0.05) is 20.8 Å². The molecule has 0 amide bonds. The van der Waals surface area contributed by atoms with Crippen molar-refractivity contribution in [1.82, 2.24) is 14.7 Å². The van der Waals surface area contributed by atoms with E-state index < -0.39 is 10.0 Å². The van der Waals surface area contributed by atoms with Crippen LogP contribution in [0, 0.1) is 12.3 Å². The lowest BCUT2D eigenvalue weighted by Gasteiger charge is -2.27. The molecule has 0 bridgehead atoms. The first-order valence-electron chi connectivity index (χ1n) is 5.17. The lowest BCUT2D eigenvalue weighted by atomic mass is 9.89. The van der Waals surface area contributed by atoms with Crippen LogP contribution in [0.1, 0.15) is 33.5 Å². The van der Waals surface area contributed by atoms with Gasteiger partial charge in [-0.2, -0.15) is 0 Å². The molecule has 0 spiro atoms. The second kappa shape index (κ2) is 4.18. The van der Waals surface area contributed by atoms with Gasteiger partial charge in [-0.15, -0.1) is 0 Å². The number of sulfonamides is 1. The van der Waals surface area contributed by atoms with Crippen molar-refractivity contribution >= 4 is 10.0 Å². The minimum Gasteiger partial charge on any atom is -0.332 e. The molecule has 0 radical (unpaired) electrons. The third-order valence-corrected chi connectivity index (χ3v) is 4.05. The van der Waals surface area contributed by atoms with E-state index in [0.717, 1.165) is 0 Å². The van der Waals surface area contributed by atoms with E-state index in [-0.39, 0.29) is 16.5 Å². The average molecular weight is 245 g/mol. The van der Waals surface area contributed by atoms with Gasteiger partial charge >= 0.3 is 0 Å². The van der Waals surface area contributed by atoms with Gasteiger partial charge in [0.2, 0.25) is 0 Å². The first-order chi connectivity index (χ1) is 7.13. The molecular formula is C10H19N3O2S. The summed E-state index contributed by atoms with van der Waals surface area (Å²) in [7, 11) is -3.49. The Morgan fingerprint density at radius 1 is 1.44 bits per heavy atom. The molecule has 1 heterocycles. The third-order valence-electron chi connectivity index (χ3n) is 2.60. The van der Waals surface area contributed by atoms with Crippen LogP contribution < -0.4 is 4.72 Å². The molecule has 5 nitrogen and oxygen atoms in total. The quantitative estimate of drug-likeness (QED) is 0.846. The third kappa shape index (κ3) is 3.05. The van der Waals surface area contributed by atoms with E-state index in [0.29, 0.717) is 5.82 Å². The first kappa shape index (κ1) is 13.2. The fourth-order valence-corrected chi connectivity index (χ4v) is 2.43. The van der Waals surface area contributed by atoms with Gasteiger partial charge in [0.05, 0.1) is 6.20 Å². The van der Waals surface area contributed by atoms with Crippen molar-refractivity contribution in [2.75, 3.05) is 0 Å². The molecule has 0 saturated heterocycles. The largest absolute Gasteiger partial charge is 0.332 e. The Bertz CT molecular complexity index is 457. The van der Waals surface area contributed by atoms with Gasteiger partial charge in [0.25, 0.3) is 10.0 Å². The maximum Gasteiger partial charge on any atom is 0.257 e. The van der Waals surface area contributed by atoms with E-state index in [1.165, 1.54) is 6.20 Å². The van der Waals surface area contributed by atoms with Crippen molar-refractivity contribution in [2.24, 2.45) is 5.41 Å². The summed E-state index contributed by atoms with van der Waals surface area (Å²) >= 11 is 0. The Morgan fingerprint density at radius 3 is 2.38 bits per heavy atom. The molecule has 0 aromatic carbocycles. The number of nitrogens with zero attached hydrogens (tertiary/aromatic N) is 1. The predicted molar refractivity (Wildman–Crippen MR) is 62.6 cm³/mol. The Kier molecular flexibility index (Phi) is 3.44. The molecule has 1 atom stereocenters. The summed E-state index contributed by atoms with van der Waals surface area (Å²) in [5, 5.41) is 0.112. The zero-order valence-corrected chi connectivity index (χ0v) is 11.1. The highest BCUT2D eigenvalue weighted by Gasteiger charge is 2.26. The smallest absolute Gasteiger partial charge is 0.257 e. The Morgan fingerprint density at radius 2 is 2.00 bits per heavy atom. The zero-order valence-electron chi connectivity index (χ0n) is 10.3. The fraction of sp³-hybridized carbons (Fsp3) is 0.700. The molecule has 0 aliphatic rings. The zero-order chi connectivity index (χ0) is 12.6. The van der Waals surface area contributed by atoms with Gasteiger partial charge in [0, 0.05) is 6.04 Å². The van der Waals surface area contributed by atoms with Crippen molar-refractivity contribution in [1.29, 1.82) is 0 Å². The van der Waals surface area contributed by atoms with Crippen molar-refractivity contribution in [3.8, 4) is 0 Å². The molecule has 0 saturated carbocycles. The number of aromatic nitrogens is 2. The van der Waals surface area contributed by atoms with Gasteiger partial charge in [-0.3, -0.25) is 0 Å². The van der Waals surface area contributed by atoms with Crippen molar-refractivity contribution in [3.05, 3.63) is 12.0 Å². The average Bonchev–Trinajstić information content (AvgIpc) is 2.49. The maximum atomic E-state index is 11.9. The highest BCUT2D eigenvalue weighted by Crippen LogP contribution is 2.20. The van der Waals surface area contributed by atoms with Crippen molar-refractivity contribution in [2.45, 2.75) is 45.7 Å². The molecule has 16 heavy (non-hydrogen) atoms. The van der Waals surface area contributed by atoms with Gasteiger partial charge in [0.1, 0.15) is 5.82 Å². The van der Waals surface area contributed by atoms with E-state index in [1.54, 1.807) is 6.92 Å². The Labute approximate surface area is 96.7 Å². The number of imidazole rings is 1. The number of rotatable bonds is 3. The molecule has 1 aromatic heterocycles. The number of aromatic amines is 1. The molecule has 1 unspecified atom stereocenters. The van der Waals surface area contributed by atoms with E-state index in [1.807, 2.05) is 27.7 Å². The molecule has 0 fully saturated rings. The summed E-state index contributed by atoms with van der Waals surface area (Å²) in [6, 6.07) is -0.152. The normalized spacial score (nSPS) is 15.1. The number of hydrogen-bond donors (Lipinski definition) is 2. The number of hydrogen-bond acceptors (Lipinski definition) is 3. The van der Waals surface area contributed by atoms with Gasteiger partial charge < -0.3 is 4.98 Å². The van der Waals surface area contributed by atoms with Crippen LogP contribution in [0.5, 0.6) is 0 Å². The summed E-state index contributed by atoms with van der Waals surface area (Å²) < 4.78 is 26.5. The highest BCUT2D eigenvalue weighted by atomic mass is 32.2. The summed E-state index contributed by atoms with van der Waals surface area (Å²) in [5.74, 6) is 0.587. The van der Waals surface area contributed by atoms with Crippen LogP contribution in [0.2, 0.25) is 0 Å². The second-order valence-corrected chi connectivity index (χ2v) is 6.72. The lowest BCUT2D eigenvalue weighted by molar-refractivity contribution is 0.317. The summed E-state index contributed by atoms with van der Waals surface area (Å²) in [4.78, 5) is 6.59. The fourth-order valence-electron chi connectivity index (χ4n) is 1.01. The van der Waals surface area contributed by atoms with Gasteiger partial charge in [-0.25, -0.2) is 18.1 Å². The van der Waals surface area contributed by atoms with Crippen LogP contribution in [0.15, 0.2) is 11.2 Å². The maximum absolute atomic E-state index is 11.9. The van der Waals surface area contributed by atoms with Crippen LogP contribution in [-0.2, 0) is 10.0 Å². The number of aryl methyl sites for hydroxylation is 1. The van der Waals surface area contributed by atoms with Crippen LogP contribution >= 0.6 is 0 Å². The van der Waals surface area contributed by atoms with Gasteiger partial charge in [0.15, 0.2) is 5.03 Å². The lowest BCUT2D eigenvalue weighted by Crippen LogP contribution is -2.41. The molecule has 1 rings (SSSR count). The van der Waals surface area contributed by atoms with Crippen LogP contribution in [0.25, 0.3) is 0 Å². The van der Waals surface area contributed by atoms with Crippen LogP contribution in [-0.4, -0.2) is 24.4 Å². The summed E-state index contributed by atoms with van der Waals surface area (Å²) in [6.45, 7) is 9.52. The van der Waals surface area contributed by atoms with Crippen LogP contribution in [0.4, 0.5) is 0 Å². The molecular weight excluding hydrogens is 226 g/mol. The monoisotopic (exact) mass is 245 g/mol. The second-order valence-electron chi connectivity index (χ2n) is 5.04. The minimum absolute atomic E-state index is 0.112. The molecule has 2 N–H and O–H groups in total. The van der Waals surface area contributed by atoms with E-state index in [9.17, 15) is 8.42 Å². The Balaban J connectivity index is 2.89. The number of nitrogens with one attached hydrogen (secondary N) is 2. The summed E-state index contributed by atoms with van der Waals surface area (Å²) in [6.07, 6.45) is 1.33. The SMILES string of the molecule is Cc1ncc(S(=O)(=O)NC(C)C(C)(C)C)[nH]1. The molecule has 92 valence electrons. The topological polar surface area (TPSA) is 74.8 Å². The summed E-state index contributed by atoms with van der Waals surface area (Å²) in [5.41, 5.74) is -0.123. The molecule has 6 heteroatoms. The predicted octanol–water partition coefficient (Wildman–Crippen LogP) is 1.43. The standard InChI is InChI=1S/C10H19N3O2S/c1-7(10(3,4)5)13-16(14,15)9-6-11-8(2)12-9/h6-7,13H,1-5H3,(H,11,12). The molecule has 0 aliphatic heterocycles. The first-order valence-corrected chi connectivity index (χ1v) is 6.65. The van der Waals surface area contributed by atoms with Crippen molar-refractivity contribution in [3.63, 3.8) is 0 Å². The minimum atomic E-state index is -3.49. The van der Waals surface area contributed by atoms with E-state index in [2.05, 4.69) is 14.7 Å². The molecule has 1 aromatic rings. The van der Waals surface area contributed by atoms with E-state index in [4.69, 9.17) is 0 Å². The Hall–Kier alpha value is -0.880. The van der Waals surface area contributed by atoms with E-state index >= 15 is 0 Å². The van der Waals surface area contributed by atoms with Crippen LogP contribution in [0.3, 0.4) is 0 Å².